The van der Waals surface area contributed by atoms with Crippen LogP contribution in [0.3, 0.4) is 0 Å². The van der Waals surface area contributed by atoms with E-state index in [1.54, 1.807) is 7.11 Å². The summed E-state index contributed by atoms with van der Waals surface area (Å²) < 4.78 is 5.26. The third kappa shape index (κ3) is 2.94. The highest BCUT2D eigenvalue weighted by molar-refractivity contribution is 5.84. The maximum Gasteiger partial charge on any atom is 0.119 e. The lowest BCUT2D eigenvalue weighted by Gasteiger charge is -2.13. The fourth-order valence-electron chi connectivity index (χ4n) is 2.87. The SMILES string of the molecule is COc1ccc2cc(CNC3CCN(C)C3)ccc2c1. The average molecular weight is 270 g/mol. The molecule has 3 nitrogen and oxygen atoms in total. The van der Waals surface area contributed by atoms with Crippen molar-refractivity contribution >= 4 is 10.8 Å². The lowest BCUT2D eigenvalue weighted by molar-refractivity contribution is 0.398. The van der Waals surface area contributed by atoms with Crippen LogP contribution in [0.25, 0.3) is 10.8 Å². The number of hydrogen-bond donors (Lipinski definition) is 1. The van der Waals surface area contributed by atoms with Crippen LogP contribution in [0.5, 0.6) is 5.75 Å². The molecular weight excluding hydrogens is 248 g/mol. The van der Waals surface area contributed by atoms with Gasteiger partial charge in [0.1, 0.15) is 5.75 Å². The van der Waals surface area contributed by atoms with Gasteiger partial charge in [0.2, 0.25) is 0 Å². The van der Waals surface area contributed by atoms with E-state index in [1.165, 1.54) is 29.3 Å². The summed E-state index contributed by atoms with van der Waals surface area (Å²) in [6.07, 6.45) is 1.25. The van der Waals surface area contributed by atoms with Crippen LogP contribution >= 0.6 is 0 Å². The minimum atomic E-state index is 0.631. The number of likely N-dealkylation sites (tertiary alicyclic amines) is 1. The maximum absolute atomic E-state index is 5.26. The smallest absolute Gasteiger partial charge is 0.119 e. The molecule has 0 amide bonds. The molecule has 20 heavy (non-hydrogen) atoms. The molecular formula is C17H22N2O. The van der Waals surface area contributed by atoms with E-state index in [4.69, 9.17) is 4.74 Å². The highest BCUT2D eigenvalue weighted by atomic mass is 16.5. The van der Waals surface area contributed by atoms with E-state index < -0.39 is 0 Å². The summed E-state index contributed by atoms with van der Waals surface area (Å²) in [7, 11) is 3.89. The van der Waals surface area contributed by atoms with Gasteiger partial charge in [0.05, 0.1) is 7.11 Å². The Morgan fingerprint density at radius 3 is 2.75 bits per heavy atom. The van der Waals surface area contributed by atoms with Crippen LogP contribution in [-0.2, 0) is 6.54 Å². The number of ether oxygens (including phenoxy) is 1. The van der Waals surface area contributed by atoms with E-state index in [0.717, 1.165) is 18.8 Å². The molecule has 1 aliphatic heterocycles. The molecule has 0 aliphatic carbocycles. The van der Waals surface area contributed by atoms with Crippen LogP contribution in [0.1, 0.15) is 12.0 Å². The molecule has 1 heterocycles. The van der Waals surface area contributed by atoms with Crippen molar-refractivity contribution in [3.8, 4) is 5.75 Å². The summed E-state index contributed by atoms with van der Waals surface area (Å²) in [6, 6.07) is 13.5. The molecule has 1 fully saturated rings. The normalized spacial score (nSPS) is 19.6. The Hall–Kier alpha value is -1.58. The predicted octanol–water partition coefficient (Wildman–Crippen LogP) is 2.64. The van der Waals surface area contributed by atoms with Crippen LogP contribution in [0.2, 0.25) is 0 Å². The Kier molecular flexibility index (Phi) is 3.90. The quantitative estimate of drug-likeness (QED) is 0.924. The van der Waals surface area contributed by atoms with Gasteiger partial charge in [-0.3, -0.25) is 0 Å². The Labute approximate surface area is 120 Å². The number of fused-ring (bicyclic) bond motifs is 1. The first-order valence-electron chi connectivity index (χ1n) is 7.23. The summed E-state index contributed by atoms with van der Waals surface area (Å²) in [5.41, 5.74) is 1.34. The van der Waals surface area contributed by atoms with Crippen molar-refractivity contribution in [1.82, 2.24) is 10.2 Å². The molecule has 1 saturated heterocycles. The molecule has 0 radical (unpaired) electrons. The summed E-state index contributed by atoms with van der Waals surface area (Å²) in [5, 5.41) is 6.15. The van der Waals surface area contributed by atoms with Crippen molar-refractivity contribution in [3.05, 3.63) is 42.0 Å². The van der Waals surface area contributed by atoms with Crippen molar-refractivity contribution < 1.29 is 4.74 Å². The van der Waals surface area contributed by atoms with Gasteiger partial charge in [-0.2, -0.15) is 0 Å². The minimum Gasteiger partial charge on any atom is -0.497 e. The van der Waals surface area contributed by atoms with Crippen LogP contribution in [0.15, 0.2) is 36.4 Å². The summed E-state index contributed by atoms with van der Waals surface area (Å²) in [6.45, 7) is 3.31. The Morgan fingerprint density at radius 2 is 2.00 bits per heavy atom. The lowest BCUT2D eigenvalue weighted by Crippen LogP contribution is -2.30. The van der Waals surface area contributed by atoms with Gasteiger partial charge >= 0.3 is 0 Å². The van der Waals surface area contributed by atoms with Gasteiger partial charge in [-0.15, -0.1) is 0 Å². The molecule has 2 aromatic rings. The number of nitrogens with zero attached hydrogens (tertiary/aromatic N) is 1. The van der Waals surface area contributed by atoms with E-state index in [2.05, 4.69) is 47.6 Å². The third-order valence-corrected chi connectivity index (χ3v) is 4.10. The van der Waals surface area contributed by atoms with E-state index in [-0.39, 0.29) is 0 Å². The molecule has 0 saturated carbocycles. The zero-order valence-corrected chi connectivity index (χ0v) is 12.2. The molecule has 1 aliphatic rings. The molecule has 3 rings (SSSR count). The molecule has 3 heteroatoms. The first-order chi connectivity index (χ1) is 9.74. The number of benzene rings is 2. The summed E-state index contributed by atoms with van der Waals surface area (Å²) >= 11 is 0. The minimum absolute atomic E-state index is 0.631. The van der Waals surface area contributed by atoms with Crippen LogP contribution in [0.4, 0.5) is 0 Å². The van der Waals surface area contributed by atoms with Gasteiger partial charge in [0.15, 0.2) is 0 Å². The zero-order valence-electron chi connectivity index (χ0n) is 12.2. The Morgan fingerprint density at radius 1 is 1.20 bits per heavy atom. The number of rotatable bonds is 4. The molecule has 0 bridgehead atoms. The van der Waals surface area contributed by atoms with Gasteiger partial charge in [-0.1, -0.05) is 18.2 Å². The first-order valence-corrected chi connectivity index (χ1v) is 7.23. The Bertz CT molecular complexity index is 597. The summed E-state index contributed by atoms with van der Waals surface area (Å²) in [5.74, 6) is 0.914. The highest BCUT2D eigenvalue weighted by Crippen LogP contribution is 2.22. The Balaban J connectivity index is 1.69. The average Bonchev–Trinajstić information content (AvgIpc) is 2.90. The number of hydrogen-bond acceptors (Lipinski definition) is 3. The predicted molar refractivity (Wildman–Crippen MR) is 83.2 cm³/mol. The third-order valence-electron chi connectivity index (χ3n) is 4.10. The molecule has 1 atom stereocenters. The number of methoxy groups -OCH3 is 1. The number of nitrogens with one attached hydrogen (secondary N) is 1. The second kappa shape index (κ2) is 5.81. The van der Waals surface area contributed by atoms with Crippen molar-refractivity contribution in [3.63, 3.8) is 0 Å². The van der Waals surface area contributed by atoms with Crippen molar-refractivity contribution in [2.75, 3.05) is 27.2 Å². The zero-order chi connectivity index (χ0) is 13.9. The topological polar surface area (TPSA) is 24.5 Å². The summed E-state index contributed by atoms with van der Waals surface area (Å²) in [4.78, 5) is 2.38. The lowest BCUT2D eigenvalue weighted by atomic mass is 10.1. The second-order valence-electron chi connectivity index (χ2n) is 5.68. The molecule has 106 valence electrons. The second-order valence-corrected chi connectivity index (χ2v) is 5.68. The molecule has 0 spiro atoms. The van der Waals surface area contributed by atoms with Gasteiger partial charge < -0.3 is 15.0 Å². The molecule has 1 N–H and O–H groups in total. The van der Waals surface area contributed by atoms with Crippen LogP contribution < -0.4 is 10.1 Å². The fourth-order valence-corrected chi connectivity index (χ4v) is 2.87. The van der Waals surface area contributed by atoms with Gasteiger partial charge in [0.25, 0.3) is 0 Å². The van der Waals surface area contributed by atoms with Crippen molar-refractivity contribution in [1.29, 1.82) is 0 Å². The standard InChI is InChI=1S/C17H22N2O/c1-19-8-7-16(12-19)18-11-13-3-4-15-10-17(20-2)6-5-14(15)9-13/h3-6,9-10,16,18H,7-8,11-12H2,1-2H3. The largest absolute Gasteiger partial charge is 0.497 e. The highest BCUT2D eigenvalue weighted by Gasteiger charge is 2.18. The van der Waals surface area contributed by atoms with Crippen molar-refractivity contribution in [2.45, 2.75) is 19.0 Å². The van der Waals surface area contributed by atoms with Crippen LogP contribution in [0, 0.1) is 0 Å². The molecule has 2 aromatic carbocycles. The monoisotopic (exact) mass is 270 g/mol. The first kappa shape index (κ1) is 13.4. The van der Waals surface area contributed by atoms with Crippen LogP contribution in [-0.4, -0.2) is 38.2 Å². The molecule has 0 aromatic heterocycles. The van der Waals surface area contributed by atoms with Crippen molar-refractivity contribution in [2.24, 2.45) is 0 Å². The van der Waals surface area contributed by atoms with Gasteiger partial charge in [0, 0.05) is 19.1 Å². The van der Waals surface area contributed by atoms with E-state index in [0.29, 0.717) is 6.04 Å². The fraction of sp³-hybridized carbons (Fsp3) is 0.412. The van der Waals surface area contributed by atoms with E-state index in [9.17, 15) is 0 Å². The van der Waals surface area contributed by atoms with Gasteiger partial charge in [-0.25, -0.2) is 0 Å². The molecule has 1 unspecified atom stereocenters. The maximum atomic E-state index is 5.26. The van der Waals surface area contributed by atoms with E-state index in [1.807, 2.05) is 6.07 Å². The van der Waals surface area contributed by atoms with E-state index >= 15 is 0 Å². The number of likely N-dealkylation sites (N-methyl/N-ethyl adjacent to an activating group) is 1. The van der Waals surface area contributed by atoms with Gasteiger partial charge in [-0.05, 0) is 54.5 Å².